The first kappa shape index (κ1) is 21.0. The highest BCUT2D eigenvalue weighted by Gasteiger charge is 2.39. The molecule has 0 saturated heterocycles. The second-order valence-corrected chi connectivity index (χ2v) is 6.66. The molecule has 0 atom stereocenters. The molecule has 0 unspecified atom stereocenters. The first-order valence-electron chi connectivity index (χ1n) is 8.93. The minimum Gasteiger partial charge on any atom is -0.336 e. The zero-order valence-electron chi connectivity index (χ0n) is 15.1. The molecule has 5 nitrogen and oxygen atoms in total. The van der Waals surface area contributed by atoms with E-state index < -0.39 is 29.6 Å². The molecule has 158 valence electrons. The van der Waals surface area contributed by atoms with Crippen LogP contribution < -0.4 is 10.6 Å². The zero-order valence-corrected chi connectivity index (χ0v) is 15.1. The summed E-state index contributed by atoms with van der Waals surface area (Å²) in [5, 5.41) is 8.37. The van der Waals surface area contributed by atoms with Crippen LogP contribution in [0.25, 0.3) is 0 Å². The summed E-state index contributed by atoms with van der Waals surface area (Å²) < 4.78 is 78.8. The van der Waals surface area contributed by atoms with Crippen LogP contribution in [0.1, 0.15) is 35.4 Å². The number of hydrogen-bond acceptors (Lipinski definition) is 2. The number of halogens is 6. The van der Waals surface area contributed by atoms with Crippen LogP contribution in [-0.4, -0.2) is 22.4 Å². The predicted molar refractivity (Wildman–Crippen MR) is 92.3 cm³/mol. The van der Waals surface area contributed by atoms with Crippen molar-refractivity contribution in [1.29, 1.82) is 0 Å². The molecule has 1 aliphatic rings. The van der Waals surface area contributed by atoms with Crippen molar-refractivity contribution in [3.05, 3.63) is 46.8 Å². The third-order valence-corrected chi connectivity index (χ3v) is 4.58. The van der Waals surface area contributed by atoms with Gasteiger partial charge in [0.25, 0.3) is 0 Å². The Morgan fingerprint density at radius 2 is 1.79 bits per heavy atom. The van der Waals surface area contributed by atoms with E-state index in [9.17, 15) is 31.1 Å². The van der Waals surface area contributed by atoms with Crippen molar-refractivity contribution in [2.75, 3.05) is 11.9 Å². The number of carbonyl (C=O) groups excluding carboxylic acids is 1. The van der Waals surface area contributed by atoms with Gasteiger partial charge in [0.15, 0.2) is 5.69 Å². The minimum absolute atomic E-state index is 0.0222. The third-order valence-electron chi connectivity index (χ3n) is 4.58. The summed E-state index contributed by atoms with van der Waals surface area (Å²) in [6.45, 7) is -0.00929. The fourth-order valence-corrected chi connectivity index (χ4v) is 3.31. The van der Waals surface area contributed by atoms with Gasteiger partial charge >= 0.3 is 18.4 Å². The van der Waals surface area contributed by atoms with Crippen LogP contribution in [0.15, 0.2) is 24.3 Å². The lowest BCUT2D eigenvalue weighted by Gasteiger charge is -2.15. The summed E-state index contributed by atoms with van der Waals surface area (Å²) in [5.41, 5.74) is -1.12. The molecule has 0 bridgehead atoms. The van der Waals surface area contributed by atoms with E-state index in [1.165, 1.54) is 10.7 Å². The second-order valence-electron chi connectivity index (χ2n) is 6.66. The van der Waals surface area contributed by atoms with E-state index in [0.717, 1.165) is 24.6 Å². The van der Waals surface area contributed by atoms with Crippen molar-refractivity contribution in [1.82, 2.24) is 15.1 Å². The predicted octanol–water partition coefficient (Wildman–Crippen LogP) is 4.62. The minimum atomic E-state index is -4.54. The number of carbonyl (C=O) groups is 1. The molecule has 2 aromatic rings. The molecule has 3 rings (SSSR count). The average Bonchev–Trinajstić information content (AvgIpc) is 3.01. The van der Waals surface area contributed by atoms with Gasteiger partial charge in [0.2, 0.25) is 0 Å². The van der Waals surface area contributed by atoms with Crippen LogP contribution in [0.3, 0.4) is 0 Å². The quantitative estimate of drug-likeness (QED) is 0.710. The molecular weight excluding hydrogens is 402 g/mol. The maximum absolute atomic E-state index is 13.2. The van der Waals surface area contributed by atoms with Crippen LogP contribution in [0.4, 0.5) is 36.8 Å². The van der Waals surface area contributed by atoms with Crippen molar-refractivity contribution in [3.8, 4) is 0 Å². The van der Waals surface area contributed by atoms with E-state index >= 15 is 0 Å². The highest BCUT2D eigenvalue weighted by Crippen LogP contribution is 2.35. The summed E-state index contributed by atoms with van der Waals surface area (Å²) in [6, 6.07) is 3.37. The number of urea groups is 1. The summed E-state index contributed by atoms with van der Waals surface area (Å²) in [7, 11) is 0. The molecule has 0 saturated carbocycles. The van der Waals surface area contributed by atoms with E-state index in [0.29, 0.717) is 25.0 Å². The number of nitrogens with zero attached hydrogens (tertiary/aromatic N) is 2. The van der Waals surface area contributed by atoms with Gasteiger partial charge in [0.1, 0.15) is 0 Å². The van der Waals surface area contributed by atoms with E-state index in [4.69, 9.17) is 0 Å². The molecule has 0 spiro atoms. The van der Waals surface area contributed by atoms with Crippen molar-refractivity contribution >= 4 is 11.7 Å². The Hall–Kier alpha value is -2.72. The van der Waals surface area contributed by atoms with E-state index in [2.05, 4.69) is 15.7 Å². The molecule has 29 heavy (non-hydrogen) atoms. The van der Waals surface area contributed by atoms with Gasteiger partial charge in [-0.2, -0.15) is 31.4 Å². The standard InChI is InChI=1S/C18H18F6N4O/c19-17(20,21)11-4-3-5-12(10-11)26-16(29)25-8-9-28-14-7-2-1-6-13(14)15(27-28)18(22,23)24/h3-5,10H,1-2,6-9H2,(H2,25,26,29). The Bertz CT molecular complexity index is 887. The number of amides is 2. The maximum atomic E-state index is 13.2. The Kier molecular flexibility index (Phi) is 5.76. The van der Waals surface area contributed by atoms with E-state index in [1.807, 2.05) is 0 Å². The van der Waals surface area contributed by atoms with Crippen LogP contribution in [0.5, 0.6) is 0 Å². The Labute approximate surface area is 162 Å². The smallest absolute Gasteiger partial charge is 0.336 e. The van der Waals surface area contributed by atoms with Gasteiger partial charge < -0.3 is 10.6 Å². The maximum Gasteiger partial charge on any atom is 0.435 e. The molecule has 2 N–H and O–H groups in total. The van der Waals surface area contributed by atoms with Crippen LogP contribution in [0, 0.1) is 0 Å². The highest BCUT2D eigenvalue weighted by molar-refractivity contribution is 5.89. The zero-order chi connectivity index (χ0) is 21.2. The molecule has 0 aliphatic heterocycles. The number of benzene rings is 1. The van der Waals surface area contributed by atoms with Crippen LogP contribution in [0.2, 0.25) is 0 Å². The lowest BCUT2D eigenvalue weighted by atomic mass is 9.95. The Morgan fingerprint density at radius 3 is 2.48 bits per heavy atom. The summed E-state index contributed by atoms with van der Waals surface area (Å²) in [5.74, 6) is 0. The number of nitrogens with one attached hydrogen (secondary N) is 2. The van der Waals surface area contributed by atoms with Crippen molar-refractivity contribution in [2.24, 2.45) is 0 Å². The van der Waals surface area contributed by atoms with E-state index in [1.54, 1.807) is 0 Å². The van der Waals surface area contributed by atoms with Gasteiger partial charge in [-0.3, -0.25) is 4.68 Å². The number of alkyl halides is 6. The Balaban J connectivity index is 1.61. The lowest BCUT2D eigenvalue weighted by Crippen LogP contribution is -2.32. The molecule has 0 fully saturated rings. The van der Waals surface area contributed by atoms with Gasteiger partial charge in [-0.1, -0.05) is 6.07 Å². The number of hydrogen-bond donors (Lipinski definition) is 2. The molecule has 1 heterocycles. The van der Waals surface area contributed by atoms with Crippen LogP contribution in [-0.2, 0) is 31.7 Å². The van der Waals surface area contributed by atoms with E-state index in [-0.39, 0.29) is 24.3 Å². The summed E-state index contributed by atoms with van der Waals surface area (Å²) in [4.78, 5) is 11.9. The van der Waals surface area contributed by atoms with Gasteiger partial charge in [-0.05, 0) is 43.9 Å². The van der Waals surface area contributed by atoms with Gasteiger partial charge in [0.05, 0.1) is 12.1 Å². The fourth-order valence-electron chi connectivity index (χ4n) is 3.31. The van der Waals surface area contributed by atoms with Gasteiger partial charge in [-0.25, -0.2) is 4.79 Å². The molecule has 1 aliphatic carbocycles. The summed E-state index contributed by atoms with van der Waals surface area (Å²) >= 11 is 0. The molecular formula is C18H18F6N4O. The topological polar surface area (TPSA) is 59.0 Å². The lowest BCUT2D eigenvalue weighted by molar-refractivity contribution is -0.142. The molecule has 0 radical (unpaired) electrons. The first-order chi connectivity index (χ1) is 13.6. The average molecular weight is 420 g/mol. The fraction of sp³-hybridized carbons (Fsp3) is 0.444. The van der Waals surface area contributed by atoms with Gasteiger partial charge in [0, 0.05) is 23.5 Å². The number of rotatable bonds is 4. The monoisotopic (exact) mass is 420 g/mol. The summed E-state index contributed by atoms with van der Waals surface area (Å²) in [6.07, 6.45) is -6.86. The normalized spacial score (nSPS) is 14.4. The molecule has 11 heteroatoms. The van der Waals surface area contributed by atoms with Crippen molar-refractivity contribution in [2.45, 2.75) is 44.6 Å². The highest BCUT2D eigenvalue weighted by atomic mass is 19.4. The first-order valence-corrected chi connectivity index (χ1v) is 8.93. The molecule has 1 aromatic carbocycles. The third kappa shape index (κ3) is 5.01. The van der Waals surface area contributed by atoms with Gasteiger partial charge in [-0.15, -0.1) is 0 Å². The molecule has 1 aromatic heterocycles. The number of anilines is 1. The second kappa shape index (κ2) is 7.96. The van der Waals surface area contributed by atoms with Crippen LogP contribution >= 0.6 is 0 Å². The molecule has 2 amide bonds. The number of fused-ring (bicyclic) bond motifs is 1. The Morgan fingerprint density at radius 1 is 1.07 bits per heavy atom. The van der Waals surface area contributed by atoms with Crippen molar-refractivity contribution < 1.29 is 31.1 Å². The largest absolute Gasteiger partial charge is 0.435 e. The SMILES string of the molecule is O=C(NCCn1nc(C(F)(F)F)c2c1CCCC2)Nc1cccc(C(F)(F)F)c1. The van der Waals surface area contributed by atoms with Crippen molar-refractivity contribution in [3.63, 3.8) is 0 Å². The number of aromatic nitrogens is 2.